The summed E-state index contributed by atoms with van der Waals surface area (Å²) in [5.74, 6) is -0.359. The molecule has 1 aromatic carbocycles. The molecule has 1 unspecified atom stereocenters. The number of esters is 1. The fraction of sp³-hybridized carbons (Fsp3) is 0.360. The van der Waals surface area contributed by atoms with Crippen LogP contribution in [-0.4, -0.2) is 23.5 Å². The molecule has 1 N–H and O–H groups in total. The van der Waals surface area contributed by atoms with Gasteiger partial charge in [0.2, 0.25) is 0 Å². The van der Waals surface area contributed by atoms with E-state index in [1.165, 1.54) is 16.2 Å². The molecule has 5 rings (SSSR count). The molecule has 2 aliphatic carbocycles. The zero-order chi connectivity index (χ0) is 22.2. The van der Waals surface area contributed by atoms with E-state index in [2.05, 4.69) is 23.3 Å². The number of hydrogen-bond donors (Lipinski definition) is 1. The highest BCUT2D eigenvalue weighted by Crippen LogP contribution is 2.39. The van der Waals surface area contributed by atoms with E-state index < -0.39 is 18.5 Å². The lowest BCUT2D eigenvalue weighted by Gasteiger charge is -2.17. The molecular formula is C25H23N3O3S. The van der Waals surface area contributed by atoms with Crippen molar-refractivity contribution >= 4 is 39.1 Å². The SMILES string of the molecule is CC1CCc2c(sc(NC(=O)COC(=O)c3c4c(nc5ccccc35)CCC4)c2C#N)C1. The Balaban J connectivity index is 1.33. The number of carbonyl (C=O) groups is 2. The van der Waals surface area contributed by atoms with Gasteiger partial charge in [0.1, 0.15) is 11.1 Å². The van der Waals surface area contributed by atoms with Gasteiger partial charge in [0.05, 0.1) is 16.6 Å². The monoisotopic (exact) mass is 445 g/mol. The quantitative estimate of drug-likeness (QED) is 0.594. The molecule has 0 aliphatic heterocycles. The van der Waals surface area contributed by atoms with Crippen molar-refractivity contribution in [3.8, 4) is 6.07 Å². The Kier molecular flexibility index (Phi) is 5.40. The molecule has 1 atom stereocenters. The summed E-state index contributed by atoms with van der Waals surface area (Å²) in [4.78, 5) is 31.5. The molecule has 0 saturated carbocycles. The lowest BCUT2D eigenvalue weighted by atomic mass is 9.89. The van der Waals surface area contributed by atoms with E-state index in [0.717, 1.165) is 66.2 Å². The standard InChI is InChI=1S/C25H23N3O3S/c1-14-9-10-15-18(12-26)24(32-21(15)11-14)28-22(29)13-31-25(30)23-16-5-2-3-7-19(16)27-20-8-4-6-17(20)23/h2-3,5,7,14H,4,6,8-11,13H2,1H3,(H,28,29). The molecule has 2 aromatic heterocycles. The first-order valence-corrected chi connectivity index (χ1v) is 11.8. The van der Waals surface area contributed by atoms with Crippen molar-refractivity contribution in [2.24, 2.45) is 5.92 Å². The zero-order valence-corrected chi connectivity index (χ0v) is 18.7. The lowest BCUT2D eigenvalue weighted by Crippen LogP contribution is -2.21. The maximum absolute atomic E-state index is 13.0. The Labute approximate surface area is 190 Å². The van der Waals surface area contributed by atoms with Crippen LogP contribution in [0.15, 0.2) is 24.3 Å². The number of benzene rings is 1. The topological polar surface area (TPSA) is 92.1 Å². The molecule has 0 bridgehead atoms. The van der Waals surface area contributed by atoms with Gasteiger partial charge in [0.15, 0.2) is 6.61 Å². The summed E-state index contributed by atoms with van der Waals surface area (Å²) < 4.78 is 5.43. The molecule has 1 amide bonds. The third kappa shape index (κ3) is 3.65. The molecule has 0 saturated heterocycles. The average molecular weight is 446 g/mol. The largest absolute Gasteiger partial charge is 0.452 e. The molecule has 32 heavy (non-hydrogen) atoms. The predicted molar refractivity (Wildman–Crippen MR) is 123 cm³/mol. The van der Waals surface area contributed by atoms with Gasteiger partial charge in [-0.1, -0.05) is 25.1 Å². The van der Waals surface area contributed by atoms with Crippen molar-refractivity contribution in [1.29, 1.82) is 5.26 Å². The summed E-state index contributed by atoms with van der Waals surface area (Å²) in [6.07, 6.45) is 5.43. The molecule has 3 aromatic rings. The number of fused-ring (bicyclic) bond motifs is 3. The van der Waals surface area contributed by atoms with Crippen molar-refractivity contribution in [3.05, 3.63) is 57.1 Å². The number of para-hydroxylation sites is 1. The second-order valence-corrected chi connectivity index (χ2v) is 9.68. The van der Waals surface area contributed by atoms with Gasteiger partial charge >= 0.3 is 5.97 Å². The Bertz CT molecular complexity index is 1290. The second kappa shape index (κ2) is 8.36. The van der Waals surface area contributed by atoms with Gasteiger partial charge in [0, 0.05) is 16.0 Å². The Morgan fingerprint density at radius 3 is 2.94 bits per heavy atom. The molecule has 0 radical (unpaired) electrons. The summed E-state index contributed by atoms with van der Waals surface area (Å²) >= 11 is 1.46. The molecule has 162 valence electrons. The van der Waals surface area contributed by atoms with Crippen LogP contribution < -0.4 is 5.32 Å². The van der Waals surface area contributed by atoms with Crippen LogP contribution >= 0.6 is 11.3 Å². The van der Waals surface area contributed by atoms with Crippen LogP contribution in [-0.2, 0) is 35.2 Å². The molecule has 2 aliphatic rings. The molecular weight excluding hydrogens is 422 g/mol. The minimum atomic E-state index is -0.503. The third-order valence-electron chi connectivity index (χ3n) is 6.33. The van der Waals surface area contributed by atoms with Crippen LogP contribution in [0.3, 0.4) is 0 Å². The number of carbonyl (C=O) groups excluding carboxylic acids is 2. The highest BCUT2D eigenvalue weighted by Gasteiger charge is 2.27. The summed E-state index contributed by atoms with van der Waals surface area (Å²) in [6.45, 7) is 1.81. The molecule has 6 nitrogen and oxygen atoms in total. The average Bonchev–Trinajstić information content (AvgIpc) is 3.38. The van der Waals surface area contributed by atoms with Gasteiger partial charge in [-0.25, -0.2) is 4.79 Å². The number of nitrogens with zero attached hydrogens (tertiary/aromatic N) is 2. The van der Waals surface area contributed by atoms with Crippen LogP contribution in [0.25, 0.3) is 10.9 Å². The number of aromatic nitrogens is 1. The van der Waals surface area contributed by atoms with E-state index in [-0.39, 0.29) is 0 Å². The Hall–Kier alpha value is -3.24. The van der Waals surface area contributed by atoms with E-state index >= 15 is 0 Å². The third-order valence-corrected chi connectivity index (χ3v) is 7.50. The Morgan fingerprint density at radius 1 is 1.25 bits per heavy atom. The lowest BCUT2D eigenvalue weighted by molar-refractivity contribution is -0.119. The predicted octanol–water partition coefficient (Wildman–Crippen LogP) is 4.58. The number of thiophene rings is 1. The number of nitriles is 1. The van der Waals surface area contributed by atoms with Crippen LogP contribution in [0.5, 0.6) is 0 Å². The smallest absolute Gasteiger partial charge is 0.339 e. The van der Waals surface area contributed by atoms with Crippen molar-refractivity contribution < 1.29 is 14.3 Å². The fourth-order valence-corrected chi connectivity index (χ4v) is 6.14. The summed E-state index contributed by atoms with van der Waals surface area (Å²) in [5.41, 5.74) is 4.77. The first-order valence-electron chi connectivity index (χ1n) is 11.0. The minimum absolute atomic E-state index is 0.395. The molecule has 0 spiro atoms. The van der Waals surface area contributed by atoms with Gasteiger partial charge < -0.3 is 10.1 Å². The number of aryl methyl sites for hydroxylation is 1. The number of anilines is 1. The highest BCUT2D eigenvalue weighted by atomic mass is 32.1. The number of nitrogens with one attached hydrogen (secondary N) is 1. The fourth-order valence-electron chi connectivity index (χ4n) is 4.77. The molecule has 7 heteroatoms. The minimum Gasteiger partial charge on any atom is -0.452 e. The highest BCUT2D eigenvalue weighted by molar-refractivity contribution is 7.16. The van der Waals surface area contributed by atoms with Gasteiger partial charge in [-0.2, -0.15) is 5.26 Å². The van der Waals surface area contributed by atoms with Crippen molar-refractivity contribution in [2.45, 2.75) is 45.4 Å². The number of ether oxygens (including phenoxy) is 1. The maximum Gasteiger partial charge on any atom is 0.339 e. The second-order valence-electron chi connectivity index (χ2n) is 8.57. The van der Waals surface area contributed by atoms with E-state index in [4.69, 9.17) is 4.74 Å². The Morgan fingerprint density at radius 2 is 2.09 bits per heavy atom. The zero-order valence-electron chi connectivity index (χ0n) is 17.9. The summed E-state index contributed by atoms with van der Waals surface area (Å²) in [6, 6.07) is 9.77. The van der Waals surface area contributed by atoms with Crippen LogP contribution in [0.2, 0.25) is 0 Å². The molecule has 0 fully saturated rings. The normalized spacial score (nSPS) is 16.8. The van der Waals surface area contributed by atoms with E-state index in [1.807, 2.05) is 24.3 Å². The van der Waals surface area contributed by atoms with Gasteiger partial charge in [-0.05, 0) is 61.6 Å². The summed E-state index contributed by atoms with van der Waals surface area (Å²) in [5, 5.41) is 13.7. The van der Waals surface area contributed by atoms with Crippen LogP contribution in [0.4, 0.5) is 5.00 Å². The van der Waals surface area contributed by atoms with E-state index in [9.17, 15) is 14.9 Å². The van der Waals surface area contributed by atoms with Crippen molar-refractivity contribution in [2.75, 3.05) is 11.9 Å². The van der Waals surface area contributed by atoms with Crippen molar-refractivity contribution in [3.63, 3.8) is 0 Å². The number of amides is 1. The van der Waals surface area contributed by atoms with Gasteiger partial charge in [-0.15, -0.1) is 11.3 Å². The van der Waals surface area contributed by atoms with Gasteiger partial charge in [0.25, 0.3) is 5.91 Å². The number of rotatable bonds is 4. The van der Waals surface area contributed by atoms with Crippen molar-refractivity contribution in [1.82, 2.24) is 4.98 Å². The molecule has 2 heterocycles. The number of pyridine rings is 1. The van der Waals surface area contributed by atoms with Gasteiger partial charge in [-0.3, -0.25) is 9.78 Å². The van der Waals surface area contributed by atoms with Crippen LogP contribution in [0, 0.1) is 17.2 Å². The maximum atomic E-state index is 13.0. The first kappa shape index (κ1) is 20.7. The van der Waals surface area contributed by atoms with E-state index in [1.54, 1.807) is 0 Å². The van der Waals surface area contributed by atoms with Crippen LogP contribution in [0.1, 0.15) is 57.4 Å². The first-order chi connectivity index (χ1) is 15.5. The van der Waals surface area contributed by atoms with E-state index in [0.29, 0.717) is 22.0 Å². The number of hydrogen-bond acceptors (Lipinski definition) is 6. The summed E-state index contributed by atoms with van der Waals surface area (Å²) in [7, 11) is 0.